The molecule has 4 aliphatic rings. The molecule has 0 aliphatic heterocycles. The number of hydrogen-bond acceptors (Lipinski definition) is 2. The van der Waals surface area contributed by atoms with Crippen LogP contribution in [0.5, 0.6) is 0 Å². The zero-order valence-electron chi connectivity index (χ0n) is 21.0. The van der Waals surface area contributed by atoms with Crippen LogP contribution in [0, 0.1) is 40.4 Å². The van der Waals surface area contributed by atoms with Crippen LogP contribution in [0.1, 0.15) is 112 Å². The first-order valence-corrected chi connectivity index (χ1v) is 13.4. The SMILES string of the molecule is CC.CC12CCC3C(CCC4CC(O)CCC43C)C1CCC2CCC[C@@](C)(O)C(F)(F)F. The summed E-state index contributed by atoms with van der Waals surface area (Å²) in [4.78, 5) is 0. The molecule has 0 aromatic rings. The highest BCUT2D eigenvalue weighted by Gasteiger charge is 2.60. The number of aliphatic hydroxyl groups is 2. The Balaban J connectivity index is 0.00000141. The van der Waals surface area contributed by atoms with Crippen molar-refractivity contribution in [2.24, 2.45) is 40.4 Å². The third-order valence-electron chi connectivity index (χ3n) is 10.7. The van der Waals surface area contributed by atoms with Gasteiger partial charge in [0.2, 0.25) is 0 Å². The van der Waals surface area contributed by atoms with Crippen molar-refractivity contribution in [3.05, 3.63) is 0 Å². The molecule has 0 saturated heterocycles. The van der Waals surface area contributed by atoms with Crippen LogP contribution in [0.15, 0.2) is 0 Å². The first-order chi connectivity index (χ1) is 14.9. The van der Waals surface area contributed by atoms with E-state index in [-0.39, 0.29) is 17.9 Å². The Hall–Kier alpha value is -0.290. The standard InChI is InChI=1S/C25H41F3O2.C2H6/c1-22-14-11-21-19(8-6-17-15-18(29)10-13-23(17,21)2)20(22)9-7-16(22)5-4-12-24(3,30)25(26,27)28;1-2/h16-21,29-30H,4-15H2,1-3H3;1-2H3/t16?,17?,18?,19?,20?,21?,22?,23?,24-;/m1./s1. The molecule has 0 radical (unpaired) electrons. The monoisotopic (exact) mass is 460 g/mol. The van der Waals surface area contributed by atoms with Crippen LogP contribution in [0.25, 0.3) is 0 Å². The number of rotatable bonds is 4. The van der Waals surface area contributed by atoms with Crippen molar-refractivity contribution in [2.45, 2.75) is 130 Å². The van der Waals surface area contributed by atoms with E-state index < -0.39 is 11.8 Å². The second-order valence-electron chi connectivity index (χ2n) is 12.1. The van der Waals surface area contributed by atoms with Crippen LogP contribution >= 0.6 is 0 Å². The molecule has 8 unspecified atom stereocenters. The van der Waals surface area contributed by atoms with Gasteiger partial charge in [0.05, 0.1) is 6.10 Å². The highest BCUT2D eigenvalue weighted by atomic mass is 19.4. The summed E-state index contributed by atoms with van der Waals surface area (Å²) in [7, 11) is 0. The number of aliphatic hydroxyl groups excluding tert-OH is 1. The molecule has 32 heavy (non-hydrogen) atoms. The molecule has 0 aromatic heterocycles. The van der Waals surface area contributed by atoms with E-state index in [0.717, 1.165) is 50.9 Å². The van der Waals surface area contributed by atoms with Crippen molar-refractivity contribution in [3.63, 3.8) is 0 Å². The Morgan fingerprint density at radius 2 is 1.50 bits per heavy atom. The number of hydrogen-bond donors (Lipinski definition) is 2. The molecule has 2 N–H and O–H groups in total. The van der Waals surface area contributed by atoms with Gasteiger partial charge in [0.25, 0.3) is 0 Å². The second-order valence-corrected chi connectivity index (χ2v) is 12.1. The summed E-state index contributed by atoms with van der Waals surface area (Å²) in [6, 6.07) is 0. The maximum atomic E-state index is 13.0. The van der Waals surface area contributed by atoms with Crippen LogP contribution in [-0.2, 0) is 0 Å². The summed E-state index contributed by atoms with van der Waals surface area (Å²) < 4.78 is 39.0. The zero-order chi connectivity index (χ0) is 23.9. The van der Waals surface area contributed by atoms with E-state index in [1.807, 2.05) is 13.8 Å². The molecule has 4 fully saturated rings. The minimum atomic E-state index is -4.55. The van der Waals surface area contributed by atoms with Gasteiger partial charge in [-0.05, 0) is 124 Å². The van der Waals surface area contributed by atoms with Crippen LogP contribution in [0.2, 0.25) is 0 Å². The van der Waals surface area contributed by atoms with Crippen molar-refractivity contribution in [1.29, 1.82) is 0 Å². The molecule has 188 valence electrons. The van der Waals surface area contributed by atoms with E-state index in [0.29, 0.717) is 29.6 Å². The Morgan fingerprint density at radius 1 is 0.875 bits per heavy atom. The van der Waals surface area contributed by atoms with E-state index in [1.165, 1.54) is 32.1 Å². The maximum Gasteiger partial charge on any atom is 0.416 e. The van der Waals surface area contributed by atoms with Gasteiger partial charge < -0.3 is 10.2 Å². The van der Waals surface area contributed by atoms with Gasteiger partial charge >= 0.3 is 6.18 Å². The van der Waals surface area contributed by atoms with Gasteiger partial charge in [0.15, 0.2) is 5.60 Å². The lowest BCUT2D eigenvalue weighted by molar-refractivity contribution is -0.255. The molecule has 5 heteroatoms. The van der Waals surface area contributed by atoms with E-state index in [2.05, 4.69) is 13.8 Å². The quantitative estimate of drug-likeness (QED) is 0.455. The second kappa shape index (κ2) is 9.40. The van der Waals surface area contributed by atoms with Crippen LogP contribution in [-0.4, -0.2) is 28.1 Å². The topological polar surface area (TPSA) is 40.5 Å². The molecule has 0 bridgehead atoms. The lowest BCUT2D eigenvalue weighted by atomic mass is 9.44. The van der Waals surface area contributed by atoms with E-state index in [1.54, 1.807) is 0 Å². The number of fused-ring (bicyclic) bond motifs is 5. The summed E-state index contributed by atoms with van der Waals surface area (Å²) in [5.74, 6) is 3.36. The van der Waals surface area contributed by atoms with Crippen molar-refractivity contribution >= 4 is 0 Å². The average molecular weight is 461 g/mol. The minimum absolute atomic E-state index is 0.113. The molecular formula is C27H47F3O2. The predicted octanol–water partition coefficient (Wildman–Crippen LogP) is 7.52. The van der Waals surface area contributed by atoms with Gasteiger partial charge in [-0.25, -0.2) is 0 Å². The Kier molecular flexibility index (Phi) is 7.73. The third-order valence-corrected chi connectivity index (χ3v) is 10.7. The van der Waals surface area contributed by atoms with Gasteiger partial charge in [-0.3, -0.25) is 0 Å². The zero-order valence-corrected chi connectivity index (χ0v) is 21.0. The smallest absolute Gasteiger partial charge is 0.393 e. The molecule has 4 saturated carbocycles. The maximum absolute atomic E-state index is 13.0. The summed E-state index contributed by atoms with van der Waals surface area (Å²) in [5.41, 5.74) is -1.95. The fourth-order valence-electron chi connectivity index (χ4n) is 8.65. The molecule has 0 amide bonds. The van der Waals surface area contributed by atoms with Gasteiger partial charge in [0, 0.05) is 0 Å². The predicted molar refractivity (Wildman–Crippen MR) is 123 cm³/mol. The van der Waals surface area contributed by atoms with Crippen LogP contribution in [0.4, 0.5) is 13.2 Å². The van der Waals surface area contributed by atoms with E-state index >= 15 is 0 Å². The number of halogens is 3. The van der Waals surface area contributed by atoms with Gasteiger partial charge in [0.1, 0.15) is 0 Å². The summed E-state index contributed by atoms with van der Waals surface area (Å²) in [5, 5.41) is 20.0. The Bertz CT molecular complexity index is 633. The van der Waals surface area contributed by atoms with E-state index in [9.17, 15) is 23.4 Å². The molecule has 0 heterocycles. The normalized spacial score (nSPS) is 45.6. The van der Waals surface area contributed by atoms with E-state index in [4.69, 9.17) is 0 Å². The molecule has 4 rings (SSSR count). The molecule has 2 nitrogen and oxygen atoms in total. The van der Waals surface area contributed by atoms with Crippen LogP contribution < -0.4 is 0 Å². The molecule has 4 aliphatic carbocycles. The van der Waals surface area contributed by atoms with Crippen molar-refractivity contribution in [1.82, 2.24) is 0 Å². The van der Waals surface area contributed by atoms with Gasteiger partial charge in [-0.1, -0.05) is 27.7 Å². The molecule has 0 aromatic carbocycles. The Labute approximate surface area is 193 Å². The molecule has 0 spiro atoms. The van der Waals surface area contributed by atoms with Crippen molar-refractivity contribution in [2.75, 3.05) is 0 Å². The first kappa shape index (κ1) is 26.3. The lowest BCUT2D eigenvalue weighted by Gasteiger charge is -2.61. The largest absolute Gasteiger partial charge is 0.416 e. The lowest BCUT2D eigenvalue weighted by Crippen LogP contribution is -2.53. The first-order valence-electron chi connectivity index (χ1n) is 13.4. The highest BCUT2D eigenvalue weighted by Crippen LogP contribution is 2.68. The van der Waals surface area contributed by atoms with Crippen molar-refractivity contribution in [3.8, 4) is 0 Å². The Morgan fingerprint density at radius 3 is 2.16 bits per heavy atom. The van der Waals surface area contributed by atoms with Crippen LogP contribution in [0.3, 0.4) is 0 Å². The average Bonchev–Trinajstić information content (AvgIpc) is 3.05. The third kappa shape index (κ3) is 4.51. The van der Waals surface area contributed by atoms with Crippen molar-refractivity contribution < 1.29 is 23.4 Å². The highest BCUT2D eigenvalue weighted by molar-refractivity contribution is 5.09. The summed E-state index contributed by atoms with van der Waals surface area (Å²) in [6.45, 7) is 9.83. The van der Waals surface area contributed by atoms with Gasteiger partial charge in [-0.15, -0.1) is 0 Å². The molecule has 9 atom stereocenters. The minimum Gasteiger partial charge on any atom is -0.393 e. The molecular weight excluding hydrogens is 413 g/mol. The fourth-order valence-corrected chi connectivity index (χ4v) is 8.65. The fraction of sp³-hybridized carbons (Fsp3) is 1.00. The van der Waals surface area contributed by atoms with Gasteiger partial charge in [-0.2, -0.15) is 13.2 Å². The summed E-state index contributed by atoms with van der Waals surface area (Å²) >= 11 is 0. The summed E-state index contributed by atoms with van der Waals surface area (Å²) in [6.07, 6.45) is 6.79. The number of alkyl halides is 3.